The molecule has 2 aliphatic heterocycles. The van der Waals surface area contributed by atoms with Gasteiger partial charge in [0, 0.05) is 18.1 Å². The third-order valence-corrected chi connectivity index (χ3v) is 6.56. The van der Waals surface area contributed by atoms with Gasteiger partial charge in [-0.15, -0.1) is 23.5 Å². The minimum atomic E-state index is -0.132. The van der Waals surface area contributed by atoms with Gasteiger partial charge in [0.25, 0.3) is 11.8 Å². The quantitative estimate of drug-likeness (QED) is 0.800. The molecule has 0 spiro atoms. The van der Waals surface area contributed by atoms with Crippen molar-refractivity contribution in [2.45, 2.75) is 17.4 Å². The van der Waals surface area contributed by atoms with E-state index in [1.165, 1.54) is 16.4 Å². The van der Waals surface area contributed by atoms with Crippen molar-refractivity contribution in [1.82, 2.24) is 4.90 Å². The molecule has 2 amide bonds. The molecule has 0 aliphatic carbocycles. The van der Waals surface area contributed by atoms with Gasteiger partial charge in [0.05, 0.1) is 15.7 Å². The van der Waals surface area contributed by atoms with Crippen LogP contribution in [0.25, 0.3) is 0 Å². The van der Waals surface area contributed by atoms with Gasteiger partial charge in [0.2, 0.25) is 0 Å². The molecule has 3 rings (SSSR count). The molecule has 0 aromatic heterocycles. The van der Waals surface area contributed by atoms with E-state index < -0.39 is 0 Å². The Kier molecular flexibility index (Phi) is 3.84. The largest absolute Gasteiger partial charge is 0.274 e. The highest BCUT2D eigenvalue weighted by Gasteiger charge is 2.34. The summed E-state index contributed by atoms with van der Waals surface area (Å²) in [7, 11) is 0. The highest BCUT2D eigenvalue weighted by Crippen LogP contribution is 2.35. The number of imide groups is 1. The number of hydrogen-bond acceptors (Lipinski definition) is 4. The molecular weight excluding hydrogens is 278 g/mol. The Labute approximate surface area is 121 Å². The number of fused-ring (bicyclic) bond motifs is 1. The highest BCUT2D eigenvalue weighted by atomic mass is 32.2. The minimum absolute atomic E-state index is 0.132. The molecule has 2 heterocycles. The number of carbonyl (C=O) groups is 2. The molecule has 1 aromatic rings. The molecule has 1 aromatic carbocycles. The van der Waals surface area contributed by atoms with Gasteiger partial charge in [-0.3, -0.25) is 14.5 Å². The van der Waals surface area contributed by atoms with Crippen LogP contribution in [0.4, 0.5) is 0 Å². The molecule has 0 unspecified atom stereocenters. The van der Waals surface area contributed by atoms with Crippen LogP contribution in [0.1, 0.15) is 33.6 Å². The van der Waals surface area contributed by atoms with Crippen molar-refractivity contribution in [3.63, 3.8) is 0 Å². The molecule has 0 saturated carbocycles. The van der Waals surface area contributed by atoms with Gasteiger partial charge in [0.1, 0.15) is 0 Å². The summed E-state index contributed by atoms with van der Waals surface area (Å²) in [6.45, 7) is 0.546. The fraction of sp³-hybridized carbons (Fsp3) is 0.429. The van der Waals surface area contributed by atoms with E-state index in [9.17, 15) is 9.59 Å². The van der Waals surface area contributed by atoms with Gasteiger partial charge in [-0.25, -0.2) is 0 Å². The Morgan fingerprint density at radius 3 is 2.21 bits per heavy atom. The fourth-order valence-corrected chi connectivity index (χ4v) is 5.36. The number of carbonyl (C=O) groups excluding carboxylic acids is 2. The summed E-state index contributed by atoms with van der Waals surface area (Å²) in [6.07, 6.45) is 1.97. The van der Waals surface area contributed by atoms with Crippen LogP contribution < -0.4 is 0 Å². The van der Waals surface area contributed by atoms with Crippen molar-refractivity contribution >= 4 is 35.3 Å². The van der Waals surface area contributed by atoms with Crippen molar-refractivity contribution in [2.75, 3.05) is 18.1 Å². The Bertz CT molecular complexity index is 477. The zero-order valence-electron chi connectivity index (χ0n) is 10.5. The van der Waals surface area contributed by atoms with Crippen LogP contribution in [-0.4, -0.2) is 39.3 Å². The Morgan fingerprint density at radius 2 is 1.63 bits per heavy atom. The number of benzene rings is 1. The summed E-state index contributed by atoms with van der Waals surface area (Å²) in [4.78, 5) is 25.7. The van der Waals surface area contributed by atoms with Crippen LogP contribution in [0.3, 0.4) is 0 Å². The van der Waals surface area contributed by atoms with E-state index in [0.717, 1.165) is 12.8 Å². The lowest BCUT2D eigenvalue weighted by Gasteiger charge is -2.14. The standard InChI is InChI=1S/C14H15NO2S2/c16-13-10-4-1-2-5-11(10)14(17)15(13)7-3-6-12-18-8-9-19-12/h1-2,4-5,12H,3,6-9H2. The van der Waals surface area contributed by atoms with Gasteiger partial charge in [0.15, 0.2) is 0 Å². The Hall–Kier alpha value is -0.940. The fourth-order valence-electron chi connectivity index (χ4n) is 2.43. The molecule has 100 valence electrons. The molecule has 0 bridgehead atoms. The molecule has 3 nitrogen and oxygen atoms in total. The van der Waals surface area contributed by atoms with Gasteiger partial charge in [-0.1, -0.05) is 12.1 Å². The topological polar surface area (TPSA) is 37.4 Å². The first kappa shape index (κ1) is 13.1. The summed E-state index contributed by atoms with van der Waals surface area (Å²) in [5.74, 6) is 2.18. The van der Waals surface area contributed by atoms with E-state index in [1.54, 1.807) is 24.3 Å². The molecular formula is C14H15NO2S2. The van der Waals surface area contributed by atoms with Gasteiger partial charge in [-0.2, -0.15) is 0 Å². The molecule has 19 heavy (non-hydrogen) atoms. The number of rotatable bonds is 4. The van der Waals surface area contributed by atoms with Crippen molar-refractivity contribution in [3.05, 3.63) is 35.4 Å². The van der Waals surface area contributed by atoms with E-state index in [1.807, 2.05) is 23.5 Å². The number of nitrogens with zero attached hydrogens (tertiary/aromatic N) is 1. The summed E-state index contributed by atoms with van der Waals surface area (Å²) in [5.41, 5.74) is 1.11. The van der Waals surface area contributed by atoms with Crippen molar-refractivity contribution in [1.29, 1.82) is 0 Å². The average molecular weight is 293 g/mol. The molecule has 0 atom stereocenters. The minimum Gasteiger partial charge on any atom is -0.274 e. The maximum atomic E-state index is 12.1. The molecule has 1 saturated heterocycles. The second kappa shape index (κ2) is 5.59. The van der Waals surface area contributed by atoms with Crippen LogP contribution in [-0.2, 0) is 0 Å². The van der Waals surface area contributed by atoms with Gasteiger partial charge >= 0.3 is 0 Å². The SMILES string of the molecule is O=C1c2ccccc2C(=O)N1CCCC1SCCS1. The highest BCUT2D eigenvalue weighted by molar-refractivity contribution is 8.20. The lowest BCUT2D eigenvalue weighted by atomic mass is 10.1. The summed E-state index contributed by atoms with van der Waals surface area (Å²) in [5, 5.41) is 0. The lowest BCUT2D eigenvalue weighted by molar-refractivity contribution is 0.0652. The summed E-state index contributed by atoms with van der Waals surface area (Å²) in [6, 6.07) is 7.08. The van der Waals surface area contributed by atoms with Crippen LogP contribution in [0.2, 0.25) is 0 Å². The monoisotopic (exact) mass is 293 g/mol. The lowest BCUT2D eigenvalue weighted by Crippen LogP contribution is -2.30. The summed E-state index contributed by atoms with van der Waals surface area (Å²) >= 11 is 3.98. The predicted molar refractivity (Wildman–Crippen MR) is 79.7 cm³/mol. The molecule has 2 aliphatic rings. The van der Waals surface area contributed by atoms with Crippen LogP contribution in [0.5, 0.6) is 0 Å². The first-order chi connectivity index (χ1) is 9.27. The zero-order chi connectivity index (χ0) is 13.2. The van der Waals surface area contributed by atoms with Crippen molar-refractivity contribution in [3.8, 4) is 0 Å². The maximum absolute atomic E-state index is 12.1. The summed E-state index contributed by atoms with van der Waals surface area (Å²) < 4.78 is 0.648. The Morgan fingerprint density at radius 1 is 1.05 bits per heavy atom. The molecule has 1 fully saturated rings. The zero-order valence-corrected chi connectivity index (χ0v) is 12.1. The number of thioether (sulfide) groups is 2. The maximum Gasteiger partial charge on any atom is 0.261 e. The van der Waals surface area contributed by atoms with Crippen molar-refractivity contribution in [2.24, 2.45) is 0 Å². The first-order valence-corrected chi connectivity index (χ1v) is 8.55. The molecule has 0 radical (unpaired) electrons. The predicted octanol–water partition coefficient (Wildman–Crippen LogP) is 2.87. The van der Waals surface area contributed by atoms with E-state index in [0.29, 0.717) is 22.3 Å². The number of hydrogen-bond donors (Lipinski definition) is 0. The molecule has 0 N–H and O–H groups in total. The Balaban J connectivity index is 1.60. The van der Waals surface area contributed by atoms with E-state index in [4.69, 9.17) is 0 Å². The first-order valence-electron chi connectivity index (χ1n) is 6.46. The normalized spacial score (nSPS) is 19.3. The number of amides is 2. The third kappa shape index (κ3) is 2.54. The van der Waals surface area contributed by atoms with Crippen molar-refractivity contribution < 1.29 is 9.59 Å². The van der Waals surface area contributed by atoms with Gasteiger partial charge in [-0.05, 0) is 25.0 Å². The smallest absolute Gasteiger partial charge is 0.261 e. The van der Waals surface area contributed by atoms with E-state index in [2.05, 4.69) is 0 Å². The van der Waals surface area contributed by atoms with Gasteiger partial charge < -0.3 is 0 Å². The average Bonchev–Trinajstić information content (AvgIpc) is 3.02. The van der Waals surface area contributed by atoms with Crippen LogP contribution in [0, 0.1) is 0 Å². The van der Waals surface area contributed by atoms with Crippen LogP contribution in [0.15, 0.2) is 24.3 Å². The van der Waals surface area contributed by atoms with Crippen LogP contribution >= 0.6 is 23.5 Å². The molecule has 5 heteroatoms. The second-order valence-corrected chi connectivity index (χ2v) is 7.54. The van der Waals surface area contributed by atoms with E-state index in [-0.39, 0.29) is 11.8 Å². The van der Waals surface area contributed by atoms with E-state index >= 15 is 0 Å². The third-order valence-electron chi connectivity index (χ3n) is 3.39. The second-order valence-electron chi connectivity index (χ2n) is 4.62.